The summed E-state index contributed by atoms with van der Waals surface area (Å²) in [4.78, 5) is 5.00. The number of nitrogens with zero attached hydrogens (tertiary/aromatic N) is 1. The minimum atomic E-state index is -3.61. The topological polar surface area (TPSA) is 59.1 Å². The van der Waals surface area contributed by atoms with E-state index in [1.54, 1.807) is 23.6 Å². The normalized spacial score (nSPS) is 13.1. The fraction of sp³-hybridized carbons (Fsp3) is 0.0714. The Balaban J connectivity index is 1.96. The van der Waals surface area contributed by atoms with Gasteiger partial charge in [-0.3, -0.25) is 4.98 Å². The van der Waals surface area contributed by atoms with Gasteiger partial charge in [-0.2, -0.15) is 16.1 Å². The lowest BCUT2D eigenvalue weighted by atomic mass is 10.1. The summed E-state index contributed by atoms with van der Waals surface area (Å²) < 4.78 is 27.7. The van der Waals surface area contributed by atoms with Gasteiger partial charge in [-0.15, -0.1) is 11.3 Å². The quantitative estimate of drug-likeness (QED) is 0.778. The summed E-state index contributed by atoms with van der Waals surface area (Å²) in [6, 6.07) is 8.55. The molecule has 3 aromatic heterocycles. The van der Waals surface area contributed by atoms with Crippen molar-refractivity contribution < 1.29 is 8.42 Å². The molecule has 0 fully saturated rings. The molecule has 3 rings (SSSR count). The van der Waals surface area contributed by atoms with E-state index in [0.717, 1.165) is 10.4 Å². The summed E-state index contributed by atoms with van der Waals surface area (Å²) >= 11 is 3.07. The third-order valence-electron chi connectivity index (χ3n) is 2.92. The van der Waals surface area contributed by atoms with Crippen molar-refractivity contribution >= 4 is 32.7 Å². The summed E-state index contributed by atoms with van der Waals surface area (Å²) in [5.74, 6) is 0. The van der Waals surface area contributed by atoms with E-state index in [1.807, 2.05) is 34.3 Å². The van der Waals surface area contributed by atoms with E-state index in [-0.39, 0.29) is 10.9 Å². The molecule has 21 heavy (non-hydrogen) atoms. The number of nitrogens with one attached hydrogen (secondary N) is 1. The van der Waals surface area contributed by atoms with Crippen molar-refractivity contribution in [2.75, 3.05) is 0 Å². The maximum absolute atomic E-state index is 12.5. The molecule has 0 amide bonds. The van der Waals surface area contributed by atoms with Gasteiger partial charge in [0.2, 0.25) is 10.0 Å². The second-order valence-corrected chi connectivity index (χ2v) is 7.79. The number of rotatable bonds is 5. The molecule has 108 valence electrons. The number of pyridine rings is 1. The number of hydrogen-bond donors (Lipinski definition) is 1. The van der Waals surface area contributed by atoms with E-state index >= 15 is 0 Å². The van der Waals surface area contributed by atoms with Crippen molar-refractivity contribution in [3.05, 3.63) is 69.3 Å². The Bertz CT molecular complexity index is 748. The van der Waals surface area contributed by atoms with Crippen LogP contribution < -0.4 is 4.72 Å². The van der Waals surface area contributed by atoms with Crippen LogP contribution >= 0.6 is 22.7 Å². The zero-order valence-electron chi connectivity index (χ0n) is 10.8. The second-order valence-electron chi connectivity index (χ2n) is 4.32. The van der Waals surface area contributed by atoms with Gasteiger partial charge in [0, 0.05) is 17.3 Å². The van der Waals surface area contributed by atoms with Gasteiger partial charge in [-0.05, 0) is 46.0 Å². The average Bonchev–Trinajstić information content (AvgIpc) is 3.19. The third-order valence-corrected chi connectivity index (χ3v) is 5.97. The first-order valence-electron chi connectivity index (χ1n) is 6.15. The summed E-state index contributed by atoms with van der Waals surface area (Å²) in [6.45, 7) is 0. The standard InChI is InChI=1S/C14H12N2O2S3/c17-21(18,12-3-1-6-15-9-12)16-14(11-5-8-19-10-11)13-4-2-7-20-13/h1-10,14,16H. The molecular weight excluding hydrogens is 324 g/mol. The number of sulfonamides is 1. The highest BCUT2D eigenvalue weighted by Crippen LogP contribution is 2.29. The van der Waals surface area contributed by atoms with Crippen LogP contribution in [0.25, 0.3) is 0 Å². The van der Waals surface area contributed by atoms with Crippen molar-refractivity contribution in [3.63, 3.8) is 0 Å². The smallest absolute Gasteiger partial charge is 0.242 e. The van der Waals surface area contributed by atoms with Crippen LogP contribution in [0.5, 0.6) is 0 Å². The first kappa shape index (κ1) is 14.4. The Morgan fingerprint density at radius 1 is 1.14 bits per heavy atom. The molecule has 0 bridgehead atoms. The lowest BCUT2D eigenvalue weighted by Crippen LogP contribution is -2.28. The summed E-state index contributed by atoms with van der Waals surface area (Å²) in [7, 11) is -3.61. The van der Waals surface area contributed by atoms with Crippen LogP contribution in [0.2, 0.25) is 0 Å². The van der Waals surface area contributed by atoms with Crippen LogP contribution in [-0.2, 0) is 10.0 Å². The lowest BCUT2D eigenvalue weighted by Gasteiger charge is -2.16. The molecular formula is C14H12N2O2S3. The number of hydrogen-bond acceptors (Lipinski definition) is 5. The number of thiophene rings is 2. The predicted molar refractivity (Wildman–Crippen MR) is 85.0 cm³/mol. The zero-order valence-corrected chi connectivity index (χ0v) is 13.3. The molecule has 0 saturated carbocycles. The molecule has 0 aliphatic carbocycles. The molecule has 4 nitrogen and oxygen atoms in total. The minimum absolute atomic E-state index is 0.168. The fourth-order valence-electron chi connectivity index (χ4n) is 1.91. The van der Waals surface area contributed by atoms with Crippen LogP contribution in [0.4, 0.5) is 0 Å². The largest absolute Gasteiger partial charge is 0.263 e. The van der Waals surface area contributed by atoms with E-state index in [4.69, 9.17) is 0 Å². The molecule has 7 heteroatoms. The summed E-state index contributed by atoms with van der Waals surface area (Å²) in [5.41, 5.74) is 0.940. The Kier molecular flexibility index (Phi) is 4.16. The van der Waals surface area contributed by atoms with Crippen molar-refractivity contribution in [3.8, 4) is 0 Å². The van der Waals surface area contributed by atoms with Gasteiger partial charge in [-0.25, -0.2) is 8.42 Å². The molecule has 1 atom stereocenters. The highest BCUT2D eigenvalue weighted by Gasteiger charge is 2.23. The fourth-order valence-corrected chi connectivity index (χ4v) is 4.64. The molecule has 0 spiro atoms. The maximum Gasteiger partial charge on any atom is 0.242 e. The highest BCUT2D eigenvalue weighted by molar-refractivity contribution is 7.89. The van der Waals surface area contributed by atoms with Gasteiger partial charge in [0.25, 0.3) is 0 Å². The van der Waals surface area contributed by atoms with E-state index in [2.05, 4.69) is 9.71 Å². The first-order valence-corrected chi connectivity index (χ1v) is 9.45. The molecule has 0 aliphatic heterocycles. The maximum atomic E-state index is 12.5. The average molecular weight is 336 g/mol. The van der Waals surface area contributed by atoms with Crippen molar-refractivity contribution in [1.82, 2.24) is 9.71 Å². The molecule has 0 aromatic carbocycles. The van der Waals surface area contributed by atoms with E-state index in [1.165, 1.54) is 23.6 Å². The zero-order chi connectivity index (χ0) is 14.7. The van der Waals surface area contributed by atoms with E-state index < -0.39 is 10.0 Å². The summed E-state index contributed by atoms with van der Waals surface area (Å²) in [6.07, 6.45) is 2.90. The van der Waals surface area contributed by atoms with Crippen molar-refractivity contribution in [2.24, 2.45) is 0 Å². The van der Waals surface area contributed by atoms with Gasteiger partial charge in [-0.1, -0.05) is 6.07 Å². The first-order chi connectivity index (χ1) is 10.2. The van der Waals surface area contributed by atoms with Gasteiger partial charge in [0.05, 0.1) is 6.04 Å². The Morgan fingerprint density at radius 2 is 2.05 bits per heavy atom. The van der Waals surface area contributed by atoms with Crippen LogP contribution in [0.1, 0.15) is 16.5 Å². The minimum Gasteiger partial charge on any atom is -0.263 e. The molecule has 1 N–H and O–H groups in total. The monoisotopic (exact) mass is 336 g/mol. The predicted octanol–water partition coefficient (Wildman–Crippen LogP) is 3.27. The SMILES string of the molecule is O=S(=O)(NC(c1ccsc1)c1cccs1)c1cccnc1. The highest BCUT2D eigenvalue weighted by atomic mass is 32.2. The van der Waals surface area contributed by atoms with E-state index in [0.29, 0.717) is 0 Å². The van der Waals surface area contributed by atoms with Crippen LogP contribution in [0.3, 0.4) is 0 Å². The molecule has 3 heterocycles. The van der Waals surface area contributed by atoms with Crippen molar-refractivity contribution in [1.29, 1.82) is 0 Å². The molecule has 0 aliphatic rings. The van der Waals surface area contributed by atoms with Crippen LogP contribution in [0, 0.1) is 0 Å². The Labute approximate surface area is 131 Å². The molecule has 0 saturated heterocycles. The van der Waals surface area contributed by atoms with E-state index in [9.17, 15) is 8.42 Å². The second kappa shape index (κ2) is 6.07. The van der Waals surface area contributed by atoms with Gasteiger partial charge in [0.1, 0.15) is 4.90 Å². The van der Waals surface area contributed by atoms with Crippen molar-refractivity contribution in [2.45, 2.75) is 10.9 Å². The molecule has 3 aromatic rings. The molecule has 1 unspecified atom stereocenters. The third kappa shape index (κ3) is 3.21. The molecule has 0 radical (unpaired) electrons. The lowest BCUT2D eigenvalue weighted by molar-refractivity contribution is 0.573. The van der Waals surface area contributed by atoms with Crippen LogP contribution in [0.15, 0.2) is 63.8 Å². The Morgan fingerprint density at radius 3 is 2.67 bits per heavy atom. The summed E-state index contributed by atoms with van der Waals surface area (Å²) in [5, 5.41) is 5.83. The Hall–Kier alpha value is -1.54. The van der Waals surface area contributed by atoms with Gasteiger partial charge >= 0.3 is 0 Å². The van der Waals surface area contributed by atoms with Crippen LogP contribution in [-0.4, -0.2) is 13.4 Å². The number of aromatic nitrogens is 1. The van der Waals surface area contributed by atoms with Gasteiger partial charge < -0.3 is 0 Å². The van der Waals surface area contributed by atoms with Gasteiger partial charge in [0.15, 0.2) is 0 Å².